The first-order valence-corrected chi connectivity index (χ1v) is 49.0. The zero-order valence-electron chi connectivity index (χ0n) is 82.0. The number of fused-ring (bicyclic) bond motifs is 8. The van der Waals surface area contributed by atoms with Crippen LogP contribution in [-0.2, 0) is 25.5 Å². The summed E-state index contributed by atoms with van der Waals surface area (Å²) in [6, 6.07) is 46.2. The van der Waals surface area contributed by atoms with Gasteiger partial charge in [0.1, 0.15) is 71.8 Å². The van der Waals surface area contributed by atoms with Gasteiger partial charge in [0, 0.05) is 196 Å². The molecule has 9 aromatic carbocycles. The Kier molecular flexibility index (Phi) is 32.9. The minimum atomic E-state index is -0.242. The molecule has 8 atom stereocenters. The van der Waals surface area contributed by atoms with Gasteiger partial charge >= 0.3 is 0 Å². The molecule has 8 fully saturated rings. The van der Waals surface area contributed by atoms with Gasteiger partial charge in [-0.2, -0.15) is 0 Å². The highest BCUT2D eigenvalue weighted by Crippen LogP contribution is 2.42. The molecule has 12 heterocycles. The highest BCUT2D eigenvalue weighted by Gasteiger charge is 2.42. The Morgan fingerprint density at radius 1 is 0.338 bits per heavy atom. The lowest BCUT2D eigenvalue weighted by Crippen LogP contribution is -2.50. The van der Waals surface area contributed by atoms with Gasteiger partial charge in [-0.15, -0.1) is 0 Å². The van der Waals surface area contributed by atoms with Gasteiger partial charge in [0.15, 0.2) is 46.0 Å². The van der Waals surface area contributed by atoms with Gasteiger partial charge in [-0.25, -0.2) is 57.4 Å². The van der Waals surface area contributed by atoms with E-state index in [4.69, 9.17) is 56.8 Å². The quantitative estimate of drug-likeness (QED) is 0.0215. The number of halogens is 4. The topological polar surface area (TPSA) is 281 Å². The largest absolute Gasteiger partial charge is 0.493 e. The molecule has 0 spiro atoms. The summed E-state index contributed by atoms with van der Waals surface area (Å²) in [6.45, 7) is 29.8. The van der Waals surface area contributed by atoms with Gasteiger partial charge < -0.3 is 87.9 Å². The van der Waals surface area contributed by atoms with Crippen LogP contribution in [0.25, 0.3) is 43.6 Å². The van der Waals surface area contributed by atoms with Gasteiger partial charge in [-0.1, -0.05) is 30.3 Å². The zero-order chi connectivity index (χ0) is 98.1. The van der Waals surface area contributed by atoms with Crippen LogP contribution >= 0.6 is 0 Å². The lowest BCUT2D eigenvalue weighted by molar-refractivity contribution is -0.0504. The molecule has 4 aromatic heterocycles. The fourth-order valence-electron chi connectivity index (χ4n) is 20.1. The van der Waals surface area contributed by atoms with Crippen LogP contribution in [0.4, 0.5) is 63.6 Å². The lowest BCUT2D eigenvalue weighted by Gasteiger charge is -2.37. The number of nitrogens with one attached hydrogen (secondary N) is 4. The number of methoxy groups -OCH3 is 4. The summed E-state index contributed by atoms with van der Waals surface area (Å²) in [7, 11) is 8.69. The summed E-state index contributed by atoms with van der Waals surface area (Å²) < 4.78 is 125. The standard InChI is InChI=1S/C32H36FN5O3.C26H32FN5O3.2C25H29FN4O3/c1-22-15-24(9-10-26(22)33)36-32-25-16-30(29(39-2)17-27(25)34-21-35-32)40-13-6-11-37-19-28-31(20-37)41-14-12-38(28)18-23-7-4-3-5-8-23;1-17-11-18(5-6-20(17)27)30-26-19-12-24(23(33-3)13-21(19)28-16-29-26)34-9-4-7-32-14-22-25(15-32)35-10-8-31(22)2;2*1-16-8-19(4-5-21(16)26)29-25-20-9-24(23(31-2)10-22(20)27-15-28-25)33-7-3-6-30-11-17-13-32-14-18(17)12-30/h3-5,7-10,15-17,21,28,31H,6,11-14,18-20H2,1-2H3,(H,34,35,36);5-6,11-13,16,22,25H,4,7-10,14-15H2,1-3H3,(H,28,29,30);2*4-5,8-10,15,17-18H,3,6-7,11-14H2,1-2H3,(H,27,28,29)/t28-,31+;22-,25+;17-,18+;17-,18-/m00.0/s1. The van der Waals surface area contributed by atoms with E-state index < -0.39 is 0 Å². The number of likely N-dealkylation sites (tertiary alicyclic amines) is 4. The van der Waals surface area contributed by atoms with Crippen LogP contribution in [0.1, 0.15) is 53.5 Å². The van der Waals surface area contributed by atoms with Gasteiger partial charge in [-0.3, -0.25) is 19.6 Å². The normalized spacial score (nSPS) is 20.1. The molecule has 8 aliphatic rings. The molecule has 0 unspecified atom stereocenters. The summed E-state index contributed by atoms with van der Waals surface area (Å²) in [5.74, 6) is 9.45. The predicted octanol–water partition coefficient (Wildman–Crippen LogP) is 17.2. The van der Waals surface area contributed by atoms with E-state index in [2.05, 4.69) is 128 Å². The molecule has 0 bridgehead atoms. The minimum Gasteiger partial charge on any atom is -0.493 e. The van der Waals surface area contributed by atoms with Crippen molar-refractivity contribution in [1.29, 1.82) is 0 Å². The lowest BCUT2D eigenvalue weighted by atomic mass is 10.0. The second-order valence-electron chi connectivity index (χ2n) is 37.7. The Morgan fingerprint density at radius 2 is 0.641 bits per heavy atom. The summed E-state index contributed by atoms with van der Waals surface area (Å²) in [6.07, 6.45) is 10.2. The predicted molar refractivity (Wildman–Crippen MR) is 540 cm³/mol. The highest BCUT2D eigenvalue weighted by molar-refractivity contribution is 5.96. The van der Waals surface area contributed by atoms with Crippen molar-refractivity contribution in [3.8, 4) is 46.0 Å². The maximum Gasteiger partial charge on any atom is 0.162 e. The third kappa shape index (κ3) is 24.6. The number of nitrogens with zero attached hydrogens (tertiary/aromatic N) is 14. The second-order valence-corrected chi connectivity index (χ2v) is 37.7. The van der Waals surface area contributed by atoms with Gasteiger partial charge in [0.05, 0.1) is 135 Å². The number of aromatic nitrogens is 8. The number of ether oxygens (including phenoxy) is 12. The molecule has 8 saturated heterocycles. The average molecular weight is 1940 g/mol. The maximum atomic E-state index is 13.8. The Bertz CT molecular complexity index is 6290. The van der Waals surface area contributed by atoms with Gasteiger partial charge in [-0.05, 0) is 185 Å². The fourth-order valence-corrected chi connectivity index (χ4v) is 20.1. The van der Waals surface area contributed by atoms with E-state index in [1.165, 1.54) is 55.1 Å². The first-order chi connectivity index (χ1) is 69.3. The van der Waals surface area contributed by atoms with Gasteiger partial charge in [0.25, 0.3) is 0 Å². The van der Waals surface area contributed by atoms with Crippen molar-refractivity contribution in [2.75, 3.05) is 214 Å². The van der Waals surface area contributed by atoms with Crippen molar-refractivity contribution in [1.82, 2.24) is 69.3 Å². The molecule has 13 aromatic rings. The zero-order valence-corrected chi connectivity index (χ0v) is 82.0. The van der Waals surface area contributed by atoms with E-state index in [1.807, 2.05) is 48.5 Å². The number of hydrogen-bond donors (Lipinski definition) is 4. The van der Waals surface area contributed by atoms with Crippen molar-refractivity contribution in [3.63, 3.8) is 0 Å². The number of hydrogen-bond acceptors (Lipinski definition) is 30. The Morgan fingerprint density at radius 3 is 0.951 bits per heavy atom. The number of morpholine rings is 2. The van der Waals surface area contributed by atoms with E-state index in [-0.39, 0.29) is 29.4 Å². The van der Waals surface area contributed by atoms with Crippen molar-refractivity contribution >= 4 is 89.6 Å². The van der Waals surface area contributed by atoms with Crippen molar-refractivity contribution in [3.05, 3.63) is 228 Å². The smallest absolute Gasteiger partial charge is 0.162 e. The third-order valence-electron chi connectivity index (χ3n) is 27.9. The monoisotopic (exact) mass is 1940 g/mol. The van der Waals surface area contributed by atoms with E-state index in [0.717, 1.165) is 230 Å². The molecule has 0 amide bonds. The maximum absolute atomic E-state index is 13.8. The minimum absolute atomic E-state index is 0.237. The van der Waals surface area contributed by atoms with E-state index >= 15 is 0 Å². The highest BCUT2D eigenvalue weighted by atomic mass is 19.1. The number of rotatable bonds is 34. The molecule has 8 aliphatic heterocycles. The van der Waals surface area contributed by atoms with Crippen LogP contribution in [0.5, 0.6) is 46.0 Å². The van der Waals surface area contributed by atoms with Crippen LogP contribution in [0.2, 0.25) is 0 Å². The molecular weight excluding hydrogens is 1820 g/mol. The summed E-state index contributed by atoms with van der Waals surface area (Å²) in [5.41, 5.74) is 9.56. The summed E-state index contributed by atoms with van der Waals surface area (Å²) in [5, 5.41) is 16.3. The molecule has 34 heteroatoms. The number of anilines is 8. The summed E-state index contributed by atoms with van der Waals surface area (Å²) in [4.78, 5) is 50.1. The molecule has 748 valence electrons. The van der Waals surface area contributed by atoms with Crippen LogP contribution in [-0.4, -0.2) is 287 Å². The van der Waals surface area contributed by atoms with Crippen LogP contribution in [0.15, 0.2) is 177 Å². The van der Waals surface area contributed by atoms with E-state index in [9.17, 15) is 17.6 Å². The first-order valence-electron chi connectivity index (χ1n) is 49.0. The molecule has 21 rings (SSSR count). The van der Waals surface area contributed by atoms with Crippen LogP contribution < -0.4 is 59.2 Å². The van der Waals surface area contributed by atoms with E-state index in [0.29, 0.717) is 160 Å². The van der Waals surface area contributed by atoms with Crippen molar-refractivity contribution < 1.29 is 74.4 Å². The van der Waals surface area contributed by atoms with E-state index in [1.54, 1.807) is 105 Å². The molecule has 0 radical (unpaired) electrons. The number of benzene rings is 9. The van der Waals surface area contributed by atoms with Crippen LogP contribution in [0.3, 0.4) is 0 Å². The molecule has 30 nitrogen and oxygen atoms in total. The number of likely N-dealkylation sites (N-methyl/N-ethyl adjacent to an activating group) is 1. The molecule has 0 saturated carbocycles. The molecule has 0 aliphatic carbocycles. The SMILES string of the molecule is COc1cc2ncnc(Nc3ccc(F)c(C)c3)c2cc1OCCCN1C[C@H]2COC[C@@H]2C1.COc1cc2ncnc(Nc3ccc(F)c(C)c3)c2cc1OCCCN1C[C@H]2COC[C@H]2C1.COc1cc2ncnc(Nc3ccc(F)c(C)c3)c2cc1OCCCN1C[C@H]2OCCN(C)[C@H]2C1.COc1cc2ncnc(Nc3ccc(F)c(C)c3)c2cc1OCCCN1C[C@H]2OCCN(Cc3ccccc3)[C@H]2C1. The fraction of sp³-hybridized carbons (Fsp3) is 0.426. The number of aryl methyl sites for hydroxylation is 4. The van der Waals surface area contributed by atoms with Crippen LogP contribution in [0, 0.1) is 74.6 Å². The molecule has 4 N–H and O–H groups in total. The third-order valence-corrected chi connectivity index (χ3v) is 27.9. The first kappa shape index (κ1) is 99.4. The second kappa shape index (κ2) is 47.0. The Labute approximate surface area is 825 Å². The molecule has 142 heavy (non-hydrogen) atoms. The van der Waals surface area contributed by atoms with Crippen molar-refractivity contribution in [2.24, 2.45) is 23.7 Å². The summed E-state index contributed by atoms with van der Waals surface area (Å²) >= 11 is 0. The Hall–Kier alpha value is -12.7. The van der Waals surface area contributed by atoms with Gasteiger partial charge in [0.2, 0.25) is 0 Å². The molecular formula is C108H126F4N18O12. The van der Waals surface area contributed by atoms with Crippen molar-refractivity contribution in [2.45, 2.75) is 84.2 Å². The average Bonchev–Trinajstić information content (AvgIpc) is 1.04. The Balaban J connectivity index is 0.000000125.